The number of rotatable bonds is 4. The molecule has 0 spiro atoms. The Hall–Kier alpha value is -0.280. The topological polar surface area (TPSA) is 55.1 Å². The molecule has 116 valence electrons. The van der Waals surface area contributed by atoms with E-state index >= 15 is 0 Å². The third-order valence-corrected chi connectivity index (χ3v) is 5.82. The summed E-state index contributed by atoms with van der Waals surface area (Å²) < 4.78 is 0. The molecule has 0 saturated heterocycles. The first-order valence-corrected chi connectivity index (χ1v) is 8.01. The highest BCUT2D eigenvalue weighted by molar-refractivity contribution is 5.85. The summed E-state index contributed by atoms with van der Waals surface area (Å²) in [5.74, 6) is 3.10. The molecule has 4 bridgehead atoms. The average molecular weight is 301 g/mol. The Labute approximate surface area is 128 Å². The molecule has 3 nitrogen and oxygen atoms in total. The molecule has 1 amide bonds. The molecule has 0 unspecified atom stereocenters. The van der Waals surface area contributed by atoms with Crippen LogP contribution in [0.4, 0.5) is 0 Å². The third kappa shape index (κ3) is 2.99. The molecule has 0 aliphatic heterocycles. The molecule has 0 aromatic heterocycles. The van der Waals surface area contributed by atoms with E-state index in [2.05, 4.69) is 5.32 Å². The van der Waals surface area contributed by atoms with Crippen LogP contribution in [0.15, 0.2) is 0 Å². The summed E-state index contributed by atoms with van der Waals surface area (Å²) in [6.07, 6.45) is 8.40. The molecule has 0 heterocycles. The second kappa shape index (κ2) is 5.84. The van der Waals surface area contributed by atoms with Crippen LogP contribution in [-0.4, -0.2) is 18.5 Å². The number of nitrogens with two attached hydrogens (primary N) is 1. The summed E-state index contributed by atoms with van der Waals surface area (Å²) in [7, 11) is 0. The zero-order valence-corrected chi connectivity index (χ0v) is 13.5. The van der Waals surface area contributed by atoms with Gasteiger partial charge in [0.2, 0.25) is 5.91 Å². The van der Waals surface area contributed by atoms with E-state index in [1.165, 1.54) is 38.5 Å². The fourth-order valence-corrected chi connectivity index (χ4v) is 5.20. The molecule has 4 aliphatic rings. The van der Waals surface area contributed by atoms with Crippen molar-refractivity contribution >= 4 is 18.3 Å². The van der Waals surface area contributed by atoms with Crippen molar-refractivity contribution in [1.29, 1.82) is 0 Å². The minimum absolute atomic E-state index is 0. The zero-order valence-electron chi connectivity index (χ0n) is 12.7. The second-order valence-corrected chi connectivity index (χ2v) is 7.91. The standard InChI is InChI=1S/C16H28N2O.ClH/c1-10(2)14(17)15(19)18-9-16-6-11-3-12(7-16)5-13(4-11)8-16;/h10-14H,3-9,17H2,1-2H3,(H,18,19);1H/t11?,12?,13?,14-,16?;/m1./s1. The van der Waals surface area contributed by atoms with Crippen molar-refractivity contribution in [1.82, 2.24) is 5.32 Å². The van der Waals surface area contributed by atoms with E-state index < -0.39 is 0 Å². The molecule has 0 aromatic rings. The van der Waals surface area contributed by atoms with Gasteiger partial charge in [0.25, 0.3) is 0 Å². The van der Waals surface area contributed by atoms with Gasteiger partial charge in [-0.05, 0) is 67.6 Å². The van der Waals surface area contributed by atoms with Crippen LogP contribution in [0, 0.1) is 29.1 Å². The predicted molar refractivity (Wildman–Crippen MR) is 83.7 cm³/mol. The highest BCUT2D eigenvalue weighted by Crippen LogP contribution is 2.59. The van der Waals surface area contributed by atoms with Gasteiger partial charge in [0, 0.05) is 6.54 Å². The van der Waals surface area contributed by atoms with Crippen molar-refractivity contribution < 1.29 is 4.79 Å². The lowest BCUT2D eigenvalue weighted by atomic mass is 9.49. The molecular formula is C16H29ClN2O. The Morgan fingerprint density at radius 2 is 1.60 bits per heavy atom. The summed E-state index contributed by atoms with van der Waals surface area (Å²) in [6.45, 7) is 4.89. The van der Waals surface area contributed by atoms with Gasteiger partial charge in [-0.3, -0.25) is 4.79 Å². The van der Waals surface area contributed by atoms with Crippen molar-refractivity contribution in [2.45, 2.75) is 58.4 Å². The van der Waals surface area contributed by atoms with Crippen LogP contribution in [-0.2, 0) is 4.79 Å². The molecule has 4 saturated carbocycles. The fraction of sp³-hybridized carbons (Fsp3) is 0.938. The number of carbonyl (C=O) groups excluding carboxylic acids is 1. The Balaban J connectivity index is 0.00000147. The molecule has 4 heteroatoms. The molecule has 20 heavy (non-hydrogen) atoms. The minimum atomic E-state index is -0.353. The Morgan fingerprint density at radius 1 is 1.15 bits per heavy atom. The van der Waals surface area contributed by atoms with Crippen molar-refractivity contribution in [2.24, 2.45) is 34.8 Å². The summed E-state index contributed by atoms with van der Waals surface area (Å²) in [5.41, 5.74) is 6.34. The number of nitrogens with one attached hydrogen (secondary N) is 1. The fourth-order valence-electron chi connectivity index (χ4n) is 5.20. The molecule has 3 N–H and O–H groups in total. The summed E-state index contributed by atoms with van der Waals surface area (Å²) >= 11 is 0. The maximum Gasteiger partial charge on any atom is 0.237 e. The summed E-state index contributed by atoms with van der Waals surface area (Å²) in [4.78, 5) is 12.0. The average Bonchev–Trinajstić information content (AvgIpc) is 2.33. The Morgan fingerprint density at radius 3 is 2.00 bits per heavy atom. The molecular weight excluding hydrogens is 272 g/mol. The Kier molecular flexibility index (Phi) is 4.70. The van der Waals surface area contributed by atoms with Crippen molar-refractivity contribution in [3.63, 3.8) is 0 Å². The van der Waals surface area contributed by atoms with Crippen LogP contribution >= 0.6 is 12.4 Å². The van der Waals surface area contributed by atoms with Gasteiger partial charge in [-0.25, -0.2) is 0 Å². The van der Waals surface area contributed by atoms with Crippen molar-refractivity contribution in [3.8, 4) is 0 Å². The number of hydrogen-bond donors (Lipinski definition) is 2. The summed E-state index contributed by atoms with van der Waals surface area (Å²) in [6, 6.07) is -0.353. The van der Waals surface area contributed by atoms with Crippen LogP contribution in [0.1, 0.15) is 52.4 Å². The Bertz CT molecular complexity index is 334. The van der Waals surface area contributed by atoms with Crippen LogP contribution in [0.5, 0.6) is 0 Å². The smallest absolute Gasteiger partial charge is 0.237 e. The lowest BCUT2D eigenvalue weighted by molar-refractivity contribution is -0.125. The predicted octanol–water partition coefficient (Wildman–Crippen LogP) is 2.72. The first-order valence-electron chi connectivity index (χ1n) is 8.01. The largest absolute Gasteiger partial charge is 0.354 e. The van der Waals surface area contributed by atoms with E-state index in [1.54, 1.807) is 0 Å². The van der Waals surface area contributed by atoms with E-state index in [0.717, 1.165) is 24.3 Å². The highest BCUT2D eigenvalue weighted by atomic mass is 35.5. The summed E-state index contributed by atoms with van der Waals surface area (Å²) in [5, 5.41) is 3.16. The molecule has 4 rings (SSSR count). The maximum atomic E-state index is 12.0. The van der Waals surface area contributed by atoms with Gasteiger partial charge < -0.3 is 11.1 Å². The lowest BCUT2D eigenvalue weighted by Gasteiger charge is -2.57. The third-order valence-electron chi connectivity index (χ3n) is 5.82. The lowest BCUT2D eigenvalue weighted by Crippen LogP contribution is -2.53. The minimum Gasteiger partial charge on any atom is -0.354 e. The van der Waals surface area contributed by atoms with Gasteiger partial charge in [-0.2, -0.15) is 0 Å². The first kappa shape index (κ1) is 16.1. The molecule has 4 aliphatic carbocycles. The van der Waals surface area contributed by atoms with Gasteiger partial charge >= 0.3 is 0 Å². The zero-order chi connectivity index (χ0) is 13.6. The van der Waals surface area contributed by atoms with Crippen molar-refractivity contribution in [3.05, 3.63) is 0 Å². The quantitative estimate of drug-likeness (QED) is 0.839. The van der Waals surface area contributed by atoms with Gasteiger partial charge in [-0.15, -0.1) is 12.4 Å². The van der Waals surface area contributed by atoms with Crippen LogP contribution in [0.2, 0.25) is 0 Å². The second-order valence-electron chi connectivity index (χ2n) is 7.91. The number of carbonyl (C=O) groups is 1. The molecule has 0 radical (unpaired) electrons. The SMILES string of the molecule is CC(C)[C@@H](N)C(=O)NCC12CC3CC(CC(C3)C1)C2.Cl. The van der Waals surface area contributed by atoms with Gasteiger partial charge in [0.05, 0.1) is 6.04 Å². The van der Waals surface area contributed by atoms with Crippen LogP contribution in [0.3, 0.4) is 0 Å². The van der Waals surface area contributed by atoms with Gasteiger partial charge in [-0.1, -0.05) is 13.8 Å². The first-order chi connectivity index (χ1) is 8.97. The number of halogens is 1. The molecule has 4 fully saturated rings. The van der Waals surface area contributed by atoms with E-state index in [0.29, 0.717) is 5.41 Å². The monoisotopic (exact) mass is 300 g/mol. The van der Waals surface area contributed by atoms with Gasteiger partial charge in [0.1, 0.15) is 0 Å². The van der Waals surface area contributed by atoms with Crippen molar-refractivity contribution in [2.75, 3.05) is 6.54 Å². The van der Waals surface area contributed by atoms with Crippen LogP contribution in [0.25, 0.3) is 0 Å². The highest BCUT2D eigenvalue weighted by Gasteiger charge is 2.50. The van der Waals surface area contributed by atoms with E-state index in [-0.39, 0.29) is 30.3 Å². The van der Waals surface area contributed by atoms with E-state index in [1.807, 2.05) is 13.8 Å². The van der Waals surface area contributed by atoms with E-state index in [4.69, 9.17) is 5.73 Å². The normalized spacial score (nSPS) is 39.5. The number of hydrogen-bond acceptors (Lipinski definition) is 2. The molecule has 1 atom stereocenters. The maximum absolute atomic E-state index is 12.0. The van der Waals surface area contributed by atoms with Crippen LogP contribution < -0.4 is 11.1 Å². The van der Waals surface area contributed by atoms with E-state index in [9.17, 15) is 4.79 Å². The van der Waals surface area contributed by atoms with Gasteiger partial charge in [0.15, 0.2) is 0 Å². The number of amides is 1. The molecule has 0 aromatic carbocycles.